The van der Waals surface area contributed by atoms with Crippen LogP contribution in [-0.2, 0) is 4.74 Å². The van der Waals surface area contributed by atoms with Crippen LogP contribution in [0.15, 0.2) is 36.5 Å². The molecule has 0 unspecified atom stereocenters. The Morgan fingerprint density at radius 3 is 2.62 bits per heavy atom. The molecule has 3 aromatic rings. The first kappa shape index (κ1) is 21.9. The number of aromatic nitrogens is 3. The van der Waals surface area contributed by atoms with Gasteiger partial charge in [-0.05, 0) is 43.2 Å². The fourth-order valence-corrected chi connectivity index (χ4v) is 4.37. The molecule has 34 heavy (non-hydrogen) atoms. The highest BCUT2D eigenvalue weighted by atomic mass is 16.5. The summed E-state index contributed by atoms with van der Waals surface area (Å²) in [6.45, 7) is 3.27. The third-order valence-electron chi connectivity index (χ3n) is 6.15. The van der Waals surface area contributed by atoms with Crippen molar-refractivity contribution in [3.05, 3.63) is 42.1 Å². The van der Waals surface area contributed by atoms with Crippen LogP contribution in [0.4, 0.5) is 27.9 Å². The number of terminal acetylenes is 1. The number of hydrogen-bond donors (Lipinski definition) is 3. The average molecular weight is 458 g/mol. The van der Waals surface area contributed by atoms with Gasteiger partial charge in [0.2, 0.25) is 5.95 Å². The lowest BCUT2D eigenvalue weighted by Gasteiger charge is -2.28. The number of benzene rings is 1. The first-order valence-electron chi connectivity index (χ1n) is 11.6. The molecule has 0 atom stereocenters. The second-order valence-electron chi connectivity index (χ2n) is 8.48. The lowest BCUT2D eigenvalue weighted by Crippen LogP contribution is -2.36. The maximum Gasteiger partial charge on any atom is 0.320 e. The van der Waals surface area contributed by atoms with E-state index in [-0.39, 0.29) is 12.1 Å². The number of carbonyl (C=O) groups excluding carboxylic acids is 1. The number of fused-ring (bicyclic) bond motifs is 1. The molecule has 2 aliphatic rings. The van der Waals surface area contributed by atoms with Gasteiger partial charge in [0, 0.05) is 42.3 Å². The minimum atomic E-state index is -0.283. The third-order valence-corrected chi connectivity index (χ3v) is 6.15. The summed E-state index contributed by atoms with van der Waals surface area (Å²) in [6, 6.07) is 9.70. The van der Waals surface area contributed by atoms with Gasteiger partial charge in [0.15, 0.2) is 5.65 Å². The molecule has 1 saturated heterocycles. The molecule has 2 aromatic heterocycles. The van der Waals surface area contributed by atoms with E-state index in [1.165, 1.54) is 0 Å². The molecule has 9 nitrogen and oxygen atoms in total. The van der Waals surface area contributed by atoms with Crippen LogP contribution in [0.3, 0.4) is 0 Å². The van der Waals surface area contributed by atoms with Crippen molar-refractivity contribution in [3.63, 3.8) is 0 Å². The maximum absolute atomic E-state index is 12.4. The first-order valence-corrected chi connectivity index (χ1v) is 11.6. The van der Waals surface area contributed by atoms with Crippen molar-refractivity contribution in [1.29, 1.82) is 0 Å². The third kappa shape index (κ3) is 5.02. The molecule has 1 saturated carbocycles. The molecule has 0 spiro atoms. The van der Waals surface area contributed by atoms with E-state index >= 15 is 0 Å². The van der Waals surface area contributed by atoms with Crippen LogP contribution in [0.1, 0.15) is 31.2 Å². The molecule has 5 rings (SSSR count). The Kier molecular flexibility index (Phi) is 6.40. The van der Waals surface area contributed by atoms with Gasteiger partial charge in [-0.2, -0.15) is 4.98 Å². The molecule has 0 radical (unpaired) electrons. The van der Waals surface area contributed by atoms with E-state index in [0.717, 1.165) is 63.4 Å². The van der Waals surface area contributed by atoms with Crippen LogP contribution < -0.4 is 20.9 Å². The zero-order chi connectivity index (χ0) is 23.3. The van der Waals surface area contributed by atoms with Crippen molar-refractivity contribution in [1.82, 2.24) is 20.3 Å². The van der Waals surface area contributed by atoms with Crippen LogP contribution in [0.2, 0.25) is 0 Å². The summed E-state index contributed by atoms with van der Waals surface area (Å²) < 4.78 is 5.42. The quantitative estimate of drug-likeness (QED) is 0.503. The van der Waals surface area contributed by atoms with Crippen LogP contribution >= 0.6 is 0 Å². The minimum Gasteiger partial charge on any atom is -0.378 e. The molecular formula is C25H27N7O2. The zero-order valence-electron chi connectivity index (χ0n) is 18.9. The van der Waals surface area contributed by atoms with Crippen LogP contribution in [0.25, 0.3) is 11.0 Å². The second kappa shape index (κ2) is 9.93. The molecule has 3 N–H and O–H groups in total. The minimum absolute atomic E-state index is 0.209. The summed E-state index contributed by atoms with van der Waals surface area (Å²) in [6.07, 6.45) is 11.6. The molecule has 0 bridgehead atoms. The van der Waals surface area contributed by atoms with Gasteiger partial charge in [0.1, 0.15) is 5.82 Å². The normalized spacial score (nSPS) is 16.3. The van der Waals surface area contributed by atoms with Gasteiger partial charge in [-0.3, -0.25) is 5.32 Å². The number of morpholine rings is 1. The summed E-state index contributed by atoms with van der Waals surface area (Å²) in [5.74, 6) is 3.39. The Balaban J connectivity index is 1.32. The molecular weight excluding hydrogens is 430 g/mol. The summed E-state index contributed by atoms with van der Waals surface area (Å²) in [5, 5.41) is 9.64. The second-order valence-corrected chi connectivity index (χ2v) is 8.48. The zero-order valence-corrected chi connectivity index (χ0v) is 18.9. The van der Waals surface area contributed by atoms with Gasteiger partial charge in [-0.1, -0.05) is 18.8 Å². The number of carbonyl (C=O) groups is 1. The molecule has 2 fully saturated rings. The van der Waals surface area contributed by atoms with E-state index in [2.05, 4.69) is 53.9 Å². The first-order chi connectivity index (χ1) is 16.7. The van der Waals surface area contributed by atoms with Crippen LogP contribution in [0, 0.1) is 12.3 Å². The number of urea groups is 1. The van der Waals surface area contributed by atoms with E-state index < -0.39 is 0 Å². The molecule has 9 heteroatoms. The maximum atomic E-state index is 12.4. The Morgan fingerprint density at radius 1 is 1.12 bits per heavy atom. The Bertz CT molecular complexity index is 1210. The predicted molar refractivity (Wildman–Crippen MR) is 132 cm³/mol. The molecule has 1 aliphatic heterocycles. The highest BCUT2D eigenvalue weighted by molar-refractivity contribution is 5.91. The van der Waals surface area contributed by atoms with Crippen LogP contribution in [-0.4, -0.2) is 53.3 Å². The smallest absolute Gasteiger partial charge is 0.320 e. The number of hydrogen-bond acceptors (Lipinski definition) is 7. The summed E-state index contributed by atoms with van der Waals surface area (Å²) in [5.41, 5.74) is 3.00. The Morgan fingerprint density at radius 2 is 1.88 bits per heavy atom. The summed E-state index contributed by atoms with van der Waals surface area (Å²) in [4.78, 5) is 28.1. The van der Waals surface area contributed by atoms with Gasteiger partial charge in [0.05, 0.1) is 18.6 Å². The Labute approximate surface area is 198 Å². The number of ether oxygens (including phenoxy) is 1. The lowest BCUT2D eigenvalue weighted by atomic mass is 10.2. The molecule has 1 aromatic carbocycles. The average Bonchev–Trinajstić information content (AvgIpc) is 3.37. The number of nitrogens with one attached hydrogen (secondary N) is 3. The molecule has 2 amide bonds. The van der Waals surface area contributed by atoms with Crippen molar-refractivity contribution in [2.45, 2.75) is 31.7 Å². The lowest BCUT2D eigenvalue weighted by molar-refractivity contribution is 0.122. The number of anilines is 4. The van der Waals surface area contributed by atoms with E-state index in [0.29, 0.717) is 28.4 Å². The van der Waals surface area contributed by atoms with E-state index in [1.807, 2.05) is 12.1 Å². The highest BCUT2D eigenvalue weighted by Crippen LogP contribution is 2.23. The van der Waals surface area contributed by atoms with Gasteiger partial charge >= 0.3 is 6.03 Å². The van der Waals surface area contributed by atoms with Crippen molar-refractivity contribution < 1.29 is 9.53 Å². The summed E-state index contributed by atoms with van der Waals surface area (Å²) in [7, 11) is 0. The number of pyridine rings is 1. The van der Waals surface area contributed by atoms with Crippen molar-refractivity contribution in [2.24, 2.45) is 0 Å². The van der Waals surface area contributed by atoms with E-state index in [9.17, 15) is 4.79 Å². The van der Waals surface area contributed by atoms with Gasteiger partial charge in [-0.25, -0.2) is 14.8 Å². The number of rotatable bonds is 5. The number of amides is 2. The predicted octanol–water partition coefficient (Wildman–Crippen LogP) is 3.65. The SMILES string of the molecule is C#Cc1cc(NC(=O)NC2CCCC2)nc2nc(Nc3ccc(N4CCOCC4)cc3)ncc12. The summed E-state index contributed by atoms with van der Waals surface area (Å²) >= 11 is 0. The molecule has 174 valence electrons. The van der Waals surface area contributed by atoms with E-state index in [4.69, 9.17) is 11.2 Å². The van der Waals surface area contributed by atoms with Gasteiger partial charge < -0.3 is 20.3 Å². The van der Waals surface area contributed by atoms with Crippen molar-refractivity contribution in [3.8, 4) is 12.3 Å². The molecule has 1 aliphatic carbocycles. The standard InChI is InChI=1S/C25H27N7O2/c1-2-17-15-22(30-25(33)28-18-5-3-4-6-18)29-23-21(17)16-26-24(31-23)27-19-7-9-20(10-8-19)32-11-13-34-14-12-32/h1,7-10,15-16,18H,3-6,11-14H2,(H3,26,27,28,29,30,31,33). The van der Waals surface area contributed by atoms with Crippen molar-refractivity contribution >= 4 is 40.2 Å². The van der Waals surface area contributed by atoms with Gasteiger partial charge in [0.25, 0.3) is 0 Å². The number of nitrogens with zero attached hydrogens (tertiary/aromatic N) is 4. The van der Waals surface area contributed by atoms with Crippen molar-refractivity contribution in [2.75, 3.05) is 41.8 Å². The monoisotopic (exact) mass is 457 g/mol. The fraction of sp³-hybridized carbons (Fsp3) is 0.360. The highest BCUT2D eigenvalue weighted by Gasteiger charge is 2.18. The van der Waals surface area contributed by atoms with Crippen LogP contribution in [0.5, 0.6) is 0 Å². The van der Waals surface area contributed by atoms with Gasteiger partial charge in [-0.15, -0.1) is 6.42 Å². The molecule has 3 heterocycles. The van der Waals surface area contributed by atoms with E-state index in [1.54, 1.807) is 12.3 Å². The topological polar surface area (TPSA) is 104 Å². The fourth-order valence-electron chi connectivity index (χ4n) is 4.37. The Hall–Kier alpha value is -3.90. The largest absolute Gasteiger partial charge is 0.378 e.